The number of hydrogen-bond donors (Lipinski definition) is 20. The van der Waals surface area contributed by atoms with E-state index < -0.39 is 241 Å². The van der Waals surface area contributed by atoms with Gasteiger partial charge in [0.1, 0.15) is 90.3 Å². The summed E-state index contributed by atoms with van der Waals surface area (Å²) < 4.78 is 0. The zero-order chi connectivity index (χ0) is 99.9. The van der Waals surface area contributed by atoms with Crippen LogP contribution in [0.25, 0.3) is 21.8 Å². The second kappa shape index (κ2) is 51.9. The number of nitrogens with one attached hydrogen (secondary N) is 13. The summed E-state index contributed by atoms with van der Waals surface area (Å²) in [7, 11) is 3.80. The Morgan fingerprint density at radius 2 is 1.01 bits per heavy atom. The number of aliphatic carboxylic acids is 2. The number of hydrogen-bond acceptors (Lipinski definition) is 24. The number of imidazole rings is 1. The number of phenolic OH excluding ortho intramolecular Hbond substituents is 1. The van der Waals surface area contributed by atoms with Crippen molar-refractivity contribution < 1.29 is 107 Å². The molecule has 744 valence electrons. The first kappa shape index (κ1) is 107. The van der Waals surface area contributed by atoms with E-state index in [1.54, 1.807) is 67.8 Å². The molecule has 3 saturated heterocycles. The summed E-state index contributed by atoms with van der Waals surface area (Å²) in [4.78, 5) is 282. The van der Waals surface area contributed by atoms with Crippen LogP contribution in [0.15, 0.2) is 97.7 Å². The lowest BCUT2D eigenvalue weighted by molar-refractivity contribution is -0.149. The number of thioether (sulfide) groups is 1. The number of para-hydroxylation sites is 2. The molecule has 15 atom stereocenters. The first-order valence-electron chi connectivity index (χ1n) is 46.1. The van der Waals surface area contributed by atoms with Gasteiger partial charge in [-0.25, -0.2) is 4.98 Å². The molecule has 0 aliphatic carbocycles. The van der Waals surface area contributed by atoms with Gasteiger partial charge in [0.2, 0.25) is 94.5 Å². The first-order chi connectivity index (χ1) is 65.4. The molecule has 3 aliphatic rings. The number of primary amides is 1. The minimum atomic E-state index is -2.02. The van der Waals surface area contributed by atoms with Crippen molar-refractivity contribution in [1.29, 1.82) is 0 Å². The average molecular weight is 1930 g/mol. The van der Waals surface area contributed by atoms with Gasteiger partial charge in [0, 0.05) is 112 Å². The maximum Gasteiger partial charge on any atom is 0.305 e. The lowest BCUT2D eigenvalue weighted by Crippen LogP contribution is -2.61. The van der Waals surface area contributed by atoms with Crippen LogP contribution in [0.3, 0.4) is 0 Å². The number of carboxylic acids is 2. The number of aromatic nitrogens is 4. The van der Waals surface area contributed by atoms with Crippen molar-refractivity contribution in [1.82, 2.24) is 97.6 Å². The predicted octanol–water partition coefficient (Wildman–Crippen LogP) is -1.90. The molecule has 44 nitrogen and oxygen atoms in total. The number of carbonyl (C=O) groups is 18. The third kappa shape index (κ3) is 30.2. The number of unbranched alkanes of at least 4 members (excludes halogenated alkanes) is 4. The molecule has 3 fully saturated rings. The van der Waals surface area contributed by atoms with Crippen molar-refractivity contribution in [2.75, 3.05) is 65.4 Å². The fraction of sp³-hybridized carbons (Fsp3) is 0.533. The highest BCUT2D eigenvalue weighted by molar-refractivity contribution is 8.00. The van der Waals surface area contributed by atoms with Gasteiger partial charge in [-0.3, -0.25) is 86.3 Å². The molecule has 9 rings (SSSR count). The van der Waals surface area contributed by atoms with E-state index in [2.05, 4.69) is 73.1 Å². The number of nitrogens with zero attached hydrogens (tertiary/aromatic N) is 6. The topological polar surface area (TPSA) is 663 Å². The highest BCUT2D eigenvalue weighted by Crippen LogP contribution is 2.28. The van der Waals surface area contributed by atoms with E-state index in [0.717, 1.165) is 24.5 Å². The predicted molar refractivity (Wildman–Crippen MR) is 501 cm³/mol. The van der Waals surface area contributed by atoms with E-state index in [0.29, 0.717) is 82.4 Å². The molecule has 6 heterocycles. The van der Waals surface area contributed by atoms with Crippen molar-refractivity contribution >= 4 is 140 Å². The molecule has 3 aromatic heterocycles. The summed E-state index contributed by atoms with van der Waals surface area (Å²) in [5.41, 5.74) is 20.3. The molecule has 16 amide bonds. The quantitative estimate of drug-likeness (QED) is 0.0228. The van der Waals surface area contributed by atoms with Crippen LogP contribution in [0.2, 0.25) is 0 Å². The summed E-state index contributed by atoms with van der Waals surface area (Å²) in [6, 6.07) is -2.92. The summed E-state index contributed by atoms with van der Waals surface area (Å²) in [5.74, 6) is -20.3. The Morgan fingerprint density at radius 1 is 0.504 bits per heavy atom. The van der Waals surface area contributed by atoms with E-state index >= 15 is 38.4 Å². The molecule has 0 radical (unpaired) electrons. The third-order valence-electron chi connectivity index (χ3n) is 24.7. The first-order valence-corrected chi connectivity index (χ1v) is 47.2. The Balaban J connectivity index is 1.11. The van der Waals surface area contributed by atoms with Gasteiger partial charge in [-0.1, -0.05) is 88.1 Å². The fourth-order valence-electron chi connectivity index (χ4n) is 17.0. The smallest absolute Gasteiger partial charge is 0.305 e. The number of amides is 16. The van der Waals surface area contributed by atoms with Crippen LogP contribution in [0.5, 0.6) is 5.75 Å². The lowest BCUT2D eigenvalue weighted by atomic mass is 9.99. The molecule has 3 aliphatic heterocycles. The van der Waals surface area contributed by atoms with Gasteiger partial charge in [-0.15, -0.1) is 11.8 Å². The maximum absolute atomic E-state index is 15.9. The van der Waals surface area contributed by atoms with Gasteiger partial charge in [-0.05, 0) is 125 Å². The third-order valence-corrected chi connectivity index (χ3v) is 25.7. The van der Waals surface area contributed by atoms with E-state index in [-0.39, 0.29) is 115 Å². The van der Waals surface area contributed by atoms with Crippen LogP contribution in [0.1, 0.15) is 152 Å². The minimum Gasteiger partial charge on any atom is -0.508 e. The Kier molecular flexibility index (Phi) is 40.6. The average Bonchev–Trinajstić information content (AvgIpc) is 1.75. The largest absolute Gasteiger partial charge is 0.508 e. The van der Waals surface area contributed by atoms with Crippen LogP contribution in [-0.4, -0.2) is 327 Å². The number of aromatic amines is 3. The fourth-order valence-corrected chi connectivity index (χ4v) is 17.8. The van der Waals surface area contributed by atoms with Crippen LogP contribution in [0.4, 0.5) is 0 Å². The number of nitrogens with two attached hydrogens (primary N) is 3. The highest BCUT2D eigenvalue weighted by atomic mass is 32.2. The zero-order valence-corrected chi connectivity index (χ0v) is 78.5. The Hall–Kier alpha value is -13.6. The second-order valence-electron chi connectivity index (χ2n) is 34.8. The molecular formula is C92H128N22O22S. The van der Waals surface area contributed by atoms with E-state index in [1.165, 1.54) is 64.9 Å². The van der Waals surface area contributed by atoms with E-state index in [9.17, 15) is 68.4 Å². The van der Waals surface area contributed by atoms with Crippen molar-refractivity contribution in [3.05, 3.63) is 120 Å². The SMILES string of the molecule is CCCC[C@H]1C(=O)N(C)[C@@H](CCCC)C(=O)N[C@@H](CC(=O)O)C(=O)N[C@H](C(=O)NCC(N)=O)CSCC(=O)N[C@@H](Cc2ccc(O)cc2)C(=O)N(C)[C@@H](C)C(=O)N[C@@H](CC(=O)O)C(=O)N2CCC[C@H]2C(=O)N[C@@H](Cc2c[nH]cn2)C(=O)N[C@@H](CCCCN)C(=O)N2C[C@H](O)C[C@H]2C(=O)N[C@@H](Cc2c[nH]c3ccccc23)C(=O)N[C@@H](CCCCN)C(=O)N[C@@H](Cc2c[nH]c3ccccc23)C(=O)N1C. The molecule has 0 unspecified atom stereocenters. The lowest BCUT2D eigenvalue weighted by Gasteiger charge is -2.36. The number of aliphatic hydroxyl groups is 1. The number of likely N-dealkylation sites (N-methyl/N-ethyl adjacent to an activating group) is 3. The Bertz CT molecular complexity index is 5250. The van der Waals surface area contributed by atoms with Gasteiger partial charge in [0.15, 0.2) is 0 Å². The minimum absolute atomic E-state index is 0.0349. The van der Waals surface area contributed by atoms with Gasteiger partial charge in [0.25, 0.3) is 0 Å². The number of H-pyrrole nitrogens is 3. The molecule has 45 heteroatoms. The van der Waals surface area contributed by atoms with Crippen molar-refractivity contribution in [3.8, 4) is 5.75 Å². The van der Waals surface area contributed by atoms with Crippen molar-refractivity contribution in [2.24, 2.45) is 17.2 Å². The molecule has 0 saturated carbocycles. The molecule has 0 spiro atoms. The van der Waals surface area contributed by atoms with Crippen LogP contribution >= 0.6 is 11.8 Å². The monoisotopic (exact) mass is 1920 g/mol. The zero-order valence-electron chi connectivity index (χ0n) is 77.7. The van der Waals surface area contributed by atoms with Gasteiger partial charge < -0.3 is 130 Å². The van der Waals surface area contributed by atoms with Gasteiger partial charge >= 0.3 is 11.9 Å². The number of aromatic hydroxyl groups is 1. The number of carbonyl (C=O) groups excluding carboxylic acids is 16. The molecule has 23 N–H and O–H groups in total. The normalized spacial score (nSPS) is 24.6. The summed E-state index contributed by atoms with van der Waals surface area (Å²) in [6.07, 6.45) is 3.10. The standard InChI is InChI=1S/C92H128N22O22S/c1-7-9-26-71-85(129)106-66(41-77(119)120)84(128)109-70(80(124)99-46-75(95)117)48-137-49-76(118)101-67(36-52-29-31-56(115)32-30-52)88(132)110(4)51(3)79(123)107-69(42-78(121)122)91(135)113-35-19-28-72(113)86(130)105-65(39-55-45-96-50-100-55)83(127)103-63(25-16-18-34-94)90(134)114-47-57(116)40-74(114)87(131)104-64(37-53-43-97-60-22-13-11-20-58(53)60)82(126)102-62(24-15-17-33-93)81(125)108-68(38-54-44-98-61-23-14-12-21-59(54)61)89(133)112(6)73(27-10-8-2)92(136)111(71)5/h11-14,20-23,29-32,43-45,50-51,57,62-74,97-98,115-116H,7-10,15-19,24-28,33-42,46-49,93-94H2,1-6H3,(H2,95,117)(H,96,100)(H,99,124)(H,101,118)(H,102,126)(H,103,127)(H,104,131)(H,105,130)(H,106,129)(H,107,123)(H,108,125)(H,109,128)(H,119,120)(H,121,122)/t51-,57+,62-,63-,64-,65-,66-,67-,68-,69-,70-,71-,72-,73-,74-/m0/s1. The molecule has 3 aromatic carbocycles. The van der Waals surface area contributed by atoms with Crippen molar-refractivity contribution in [2.45, 2.75) is 246 Å². The molecule has 137 heavy (non-hydrogen) atoms. The highest BCUT2D eigenvalue weighted by Gasteiger charge is 2.47. The molecular weight excluding hydrogens is 1800 g/mol. The van der Waals surface area contributed by atoms with Gasteiger partial charge in [-0.2, -0.15) is 0 Å². The number of aliphatic hydroxyl groups excluding tert-OH is 1. The van der Waals surface area contributed by atoms with Gasteiger partial charge in [0.05, 0.1) is 43.3 Å². The summed E-state index contributed by atoms with van der Waals surface area (Å²) in [5, 5.41) is 69.8. The number of rotatable bonds is 29. The number of fused-ring (bicyclic) bond motifs is 4. The van der Waals surface area contributed by atoms with Crippen molar-refractivity contribution in [3.63, 3.8) is 0 Å². The second-order valence-corrected chi connectivity index (χ2v) is 35.8. The van der Waals surface area contributed by atoms with Crippen LogP contribution < -0.4 is 70.4 Å². The summed E-state index contributed by atoms with van der Waals surface area (Å²) in [6.45, 7) is 3.69. The Labute approximate surface area is 795 Å². The number of benzene rings is 3. The summed E-state index contributed by atoms with van der Waals surface area (Å²) >= 11 is 0.677. The molecule has 6 aromatic rings. The van der Waals surface area contributed by atoms with Crippen LogP contribution in [0, 0.1) is 0 Å². The number of phenols is 1. The number of carboxylic acid groups (broad SMARTS) is 2. The molecule has 0 bridgehead atoms. The Morgan fingerprint density at radius 3 is 1.60 bits per heavy atom. The van der Waals surface area contributed by atoms with E-state index in [1.807, 2.05) is 6.92 Å². The maximum atomic E-state index is 15.9. The van der Waals surface area contributed by atoms with Crippen LogP contribution in [-0.2, 0) is 112 Å². The van der Waals surface area contributed by atoms with E-state index in [4.69, 9.17) is 17.2 Å².